The molecule has 3 nitrogen and oxygen atoms in total. The van der Waals surface area contributed by atoms with Crippen molar-refractivity contribution in [2.75, 3.05) is 12.3 Å². The largest absolute Gasteiger partial charge is 0.370 e. The zero-order chi connectivity index (χ0) is 11.1. The number of guanidine groups is 1. The van der Waals surface area contributed by atoms with E-state index in [-0.39, 0.29) is 35.8 Å². The number of halogens is 2. The summed E-state index contributed by atoms with van der Waals surface area (Å²) in [7, 11) is 0. The van der Waals surface area contributed by atoms with Crippen LogP contribution in [0.2, 0.25) is 0 Å². The summed E-state index contributed by atoms with van der Waals surface area (Å²) in [6.07, 6.45) is 0. The zero-order valence-corrected chi connectivity index (χ0v) is 11.9. The highest BCUT2D eigenvalue weighted by molar-refractivity contribution is 14.0. The van der Waals surface area contributed by atoms with Gasteiger partial charge in [-0.25, -0.2) is 4.39 Å². The Hall–Kier alpha value is -0.500. The van der Waals surface area contributed by atoms with Crippen LogP contribution in [-0.4, -0.2) is 18.3 Å². The van der Waals surface area contributed by atoms with Gasteiger partial charge in [0.1, 0.15) is 5.82 Å². The number of rotatable bonds is 5. The van der Waals surface area contributed by atoms with Crippen molar-refractivity contribution in [3.63, 3.8) is 0 Å². The molecule has 16 heavy (non-hydrogen) atoms. The molecule has 0 aliphatic heterocycles. The van der Waals surface area contributed by atoms with Gasteiger partial charge in [0.15, 0.2) is 5.96 Å². The summed E-state index contributed by atoms with van der Waals surface area (Å²) in [6.45, 7) is 0.571. The molecule has 90 valence electrons. The van der Waals surface area contributed by atoms with Gasteiger partial charge in [-0.2, -0.15) is 11.8 Å². The van der Waals surface area contributed by atoms with Crippen molar-refractivity contribution < 1.29 is 4.39 Å². The standard InChI is InChI=1S/C10H14FN3S.HI/c11-9-4-2-1-3-8(9)7-15-6-5-14-10(12)13;/h1-4H,5-7H2,(H4,12,13,14);1H. The monoisotopic (exact) mass is 355 g/mol. The molecule has 0 bridgehead atoms. The van der Waals surface area contributed by atoms with E-state index in [2.05, 4.69) is 4.99 Å². The maximum absolute atomic E-state index is 13.1. The first-order valence-corrected chi connectivity index (χ1v) is 5.72. The van der Waals surface area contributed by atoms with Crippen LogP contribution in [-0.2, 0) is 5.75 Å². The highest BCUT2D eigenvalue weighted by Crippen LogP contribution is 2.14. The molecule has 1 rings (SSSR count). The van der Waals surface area contributed by atoms with E-state index in [4.69, 9.17) is 11.5 Å². The van der Waals surface area contributed by atoms with E-state index in [1.807, 2.05) is 6.07 Å². The molecule has 0 heterocycles. The van der Waals surface area contributed by atoms with Crippen molar-refractivity contribution >= 4 is 41.7 Å². The fraction of sp³-hybridized carbons (Fsp3) is 0.300. The second kappa shape index (κ2) is 8.63. The average molecular weight is 355 g/mol. The molecular weight excluding hydrogens is 340 g/mol. The summed E-state index contributed by atoms with van der Waals surface area (Å²) < 4.78 is 13.1. The predicted octanol–water partition coefficient (Wildman–Crippen LogP) is 1.95. The third kappa shape index (κ3) is 6.16. The van der Waals surface area contributed by atoms with E-state index < -0.39 is 0 Å². The number of hydrogen-bond acceptors (Lipinski definition) is 2. The SMILES string of the molecule is I.NC(N)=NCCSCc1ccccc1F. The van der Waals surface area contributed by atoms with Gasteiger partial charge in [0.05, 0.1) is 6.54 Å². The quantitative estimate of drug-likeness (QED) is 0.367. The van der Waals surface area contributed by atoms with Gasteiger partial charge in [-0.15, -0.1) is 24.0 Å². The lowest BCUT2D eigenvalue weighted by Crippen LogP contribution is -2.23. The van der Waals surface area contributed by atoms with E-state index in [9.17, 15) is 4.39 Å². The molecule has 0 spiro atoms. The molecule has 0 saturated heterocycles. The molecular formula is C10H15FIN3S. The second-order valence-corrected chi connectivity index (χ2v) is 4.06. The highest BCUT2D eigenvalue weighted by Gasteiger charge is 1.99. The van der Waals surface area contributed by atoms with Gasteiger partial charge in [-0.3, -0.25) is 4.99 Å². The number of aliphatic imine (C=N–C) groups is 1. The number of nitrogens with zero attached hydrogens (tertiary/aromatic N) is 1. The van der Waals surface area contributed by atoms with Crippen LogP contribution < -0.4 is 11.5 Å². The van der Waals surface area contributed by atoms with E-state index in [0.29, 0.717) is 17.9 Å². The summed E-state index contributed by atoms with van der Waals surface area (Å²) in [5.41, 5.74) is 11.1. The lowest BCUT2D eigenvalue weighted by molar-refractivity contribution is 0.617. The Kier molecular flexibility index (Phi) is 8.36. The molecule has 0 radical (unpaired) electrons. The molecule has 0 saturated carbocycles. The molecule has 1 aromatic carbocycles. The fourth-order valence-corrected chi connectivity index (χ4v) is 1.86. The Labute approximate surface area is 116 Å². The third-order valence-electron chi connectivity index (χ3n) is 1.75. The van der Waals surface area contributed by atoms with Crippen LogP contribution in [0.3, 0.4) is 0 Å². The number of thioether (sulfide) groups is 1. The van der Waals surface area contributed by atoms with Crippen LogP contribution in [0.5, 0.6) is 0 Å². The Morgan fingerprint density at radius 1 is 1.31 bits per heavy atom. The van der Waals surface area contributed by atoms with E-state index in [1.165, 1.54) is 6.07 Å². The summed E-state index contributed by atoms with van der Waals surface area (Å²) in [5.74, 6) is 1.37. The van der Waals surface area contributed by atoms with Gasteiger partial charge in [-0.05, 0) is 11.6 Å². The van der Waals surface area contributed by atoms with E-state index >= 15 is 0 Å². The van der Waals surface area contributed by atoms with Gasteiger partial charge in [0.25, 0.3) is 0 Å². The molecule has 0 aliphatic rings. The summed E-state index contributed by atoms with van der Waals surface area (Å²) in [4.78, 5) is 3.84. The van der Waals surface area contributed by atoms with Crippen LogP contribution >= 0.6 is 35.7 Å². The number of nitrogens with two attached hydrogens (primary N) is 2. The fourth-order valence-electron chi connectivity index (χ4n) is 1.04. The second-order valence-electron chi connectivity index (χ2n) is 2.95. The first-order valence-electron chi connectivity index (χ1n) is 4.56. The molecule has 0 amide bonds. The number of hydrogen-bond donors (Lipinski definition) is 2. The van der Waals surface area contributed by atoms with Crippen molar-refractivity contribution in [3.8, 4) is 0 Å². The lowest BCUT2D eigenvalue weighted by Gasteiger charge is -2.01. The highest BCUT2D eigenvalue weighted by atomic mass is 127. The van der Waals surface area contributed by atoms with Crippen LogP contribution in [0, 0.1) is 5.82 Å². The molecule has 0 fully saturated rings. The van der Waals surface area contributed by atoms with Crippen LogP contribution in [0.15, 0.2) is 29.3 Å². The molecule has 0 aromatic heterocycles. The third-order valence-corrected chi connectivity index (χ3v) is 2.73. The van der Waals surface area contributed by atoms with Gasteiger partial charge >= 0.3 is 0 Å². The molecule has 0 aliphatic carbocycles. The maximum Gasteiger partial charge on any atom is 0.185 e. The maximum atomic E-state index is 13.1. The van der Waals surface area contributed by atoms with Crippen LogP contribution in [0.1, 0.15) is 5.56 Å². The molecule has 4 N–H and O–H groups in total. The summed E-state index contributed by atoms with van der Waals surface area (Å²) in [6, 6.07) is 6.76. The Morgan fingerprint density at radius 2 is 2.00 bits per heavy atom. The Balaban J connectivity index is 0.00000225. The van der Waals surface area contributed by atoms with Gasteiger partial charge in [0, 0.05) is 11.5 Å². The van der Waals surface area contributed by atoms with E-state index in [0.717, 1.165) is 5.75 Å². The minimum Gasteiger partial charge on any atom is -0.370 e. The van der Waals surface area contributed by atoms with Crippen molar-refractivity contribution in [1.82, 2.24) is 0 Å². The minimum atomic E-state index is -0.160. The minimum absolute atomic E-state index is 0. The van der Waals surface area contributed by atoms with Crippen LogP contribution in [0.4, 0.5) is 4.39 Å². The molecule has 1 aromatic rings. The van der Waals surface area contributed by atoms with Gasteiger partial charge in [-0.1, -0.05) is 18.2 Å². The summed E-state index contributed by atoms with van der Waals surface area (Å²) >= 11 is 1.60. The smallest absolute Gasteiger partial charge is 0.185 e. The van der Waals surface area contributed by atoms with Crippen molar-refractivity contribution in [3.05, 3.63) is 35.6 Å². The van der Waals surface area contributed by atoms with E-state index in [1.54, 1.807) is 23.9 Å². The predicted molar refractivity (Wildman–Crippen MR) is 78.7 cm³/mol. The van der Waals surface area contributed by atoms with Crippen molar-refractivity contribution in [1.29, 1.82) is 0 Å². The first kappa shape index (κ1) is 15.5. The van der Waals surface area contributed by atoms with Gasteiger partial charge in [0.2, 0.25) is 0 Å². The van der Waals surface area contributed by atoms with Crippen molar-refractivity contribution in [2.24, 2.45) is 16.5 Å². The molecule has 0 unspecified atom stereocenters. The van der Waals surface area contributed by atoms with Gasteiger partial charge < -0.3 is 11.5 Å². The Bertz CT molecular complexity index is 343. The molecule has 6 heteroatoms. The first-order chi connectivity index (χ1) is 7.20. The normalized spacial score (nSPS) is 9.31. The average Bonchev–Trinajstić information content (AvgIpc) is 2.20. The molecule has 0 atom stereocenters. The van der Waals surface area contributed by atoms with Crippen LogP contribution in [0.25, 0.3) is 0 Å². The number of benzene rings is 1. The lowest BCUT2D eigenvalue weighted by atomic mass is 10.2. The Morgan fingerprint density at radius 3 is 2.62 bits per heavy atom. The van der Waals surface area contributed by atoms with Crippen molar-refractivity contribution in [2.45, 2.75) is 5.75 Å². The topological polar surface area (TPSA) is 64.4 Å². The summed E-state index contributed by atoms with van der Waals surface area (Å²) in [5, 5.41) is 0. The zero-order valence-electron chi connectivity index (χ0n) is 8.73.